The van der Waals surface area contributed by atoms with Gasteiger partial charge in [0.2, 0.25) is 0 Å². The van der Waals surface area contributed by atoms with Gasteiger partial charge in [-0.15, -0.1) is 0 Å². The van der Waals surface area contributed by atoms with Gasteiger partial charge in [0.25, 0.3) is 0 Å². The lowest BCUT2D eigenvalue weighted by Gasteiger charge is -2.10. The van der Waals surface area contributed by atoms with E-state index < -0.39 is 0 Å². The van der Waals surface area contributed by atoms with Crippen molar-refractivity contribution in [3.05, 3.63) is 83.3 Å². The van der Waals surface area contributed by atoms with Gasteiger partial charge >= 0.3 is 0 Å². The first-order chi connectivity index (χ1) is 10.3. The Bertz CT molecular complexity index is 940. The molecule has 0 radical (unpaired) electrons. The van der Waals surface area contributed by atoms with E-state index in [4.69, 9.17) is 0 Å². The maximum absolute atomic E-state index is 3.65. The van der Waals surface area contributed by atoms with Crippen molar-refractivity contribution < 1.29 is 0 Å². The highest BCUT2D eigenvalue weighted by Gasteiger charge is 2.07. The van der Waals surface area contributed by atoms with E-state index in [1.54, 1.807) is 0 Å². The average Bonchev–Trinajstić information content (AvgIpc) is 2.55. The summed E-state index contributed by atoms with van der Waals surface area (Å²) in [4.78, 5) is 0. The zero-order chi connectivity index (χ0) is 14.2. The zero-order valence-corrected chi connectivity index (χ0v) is 13.0. The van der Waals surface area contributed by atoms with Gasteiger partial charge in [-0.05, 0) is 38.7 Å². The highest BCUT2D eigenvalue weighted by Crippen LogP contribution is 2.35. The third-order valence-corrected chi connectivity index (χ3v) is 4.64. The van der Waals surface area contributed by atoms with Gasteiger partial charge in [0.15, 0.2) is 0 Å². The maximum atomic E-state index is 3.65. The topological polar surface area (TPSA) is 0 Å². The van der Waals surface area contributed by atoms with E-state index in [2.05, 4.69) is 94.8 Å². The van der Waals surface area contributed by atoms with Gasteiger partial charge in [0.05, 0.1) is 0 Å². The molecule has 4 aromatic rings. The van der Waals surface area contributed by atoms with Gasteiger partial charge < -0.3 is 0 Å². The fourth-order valence-corrected chi connectivity index (χ4v) is 3.46. The summed E-state index contributed by atoms with van der Waals surface area (Å²) < 4.78 is 1.15. The van der Waals surface area contributed by atoms with Gasteiger partial charge in [-0.1, -0.05) is 88.7 Å². The monoisotopic (exact) mass is 332 g/mol. The van der Waals surface area contributed by atoms with Gasteiger partial charge in [-0.25, -0.2) is 0 Å². The van der Waals surface area contributed by atoms with Crippen LogP contribution in [0.3, 0.4) is 0 Å². The second kappa shape index (κ2) is 5.01. The molecule has 0 bridgehead atoms. The first kappa shape index (κ1) is 12.6. The summed E-state index contributed by atoms with van der Waals surface area (Å²) in [6.07, 6.45) is 0. The largest absolute Gasteiger partial charge is 0.0622 e. The summed E-state index contributed by atoms with van der Waals surface area (Å²) in [5.74, 6) is 0. The Kier molecular flexibility index (Phi) is 3.01. The van der Waals surface area contributed by atoms with Gasteiger partial charge in [0, 0.05) is 4.47 Å². The van der Waals surface area contributed by atoms with Crippen LogP contribution in [0.2, 0.25) is 0 Å². The summed E-state index contributed by atoms with van der Waals surface area (Å²) in [6.45, 7) is 0. The number of benzene rings is 4. The van der Waals surface area contributed by atoms with Crippen LogP contribution in [0.5, 0.6) is 0 Å². The Balaban J connectivity index is 2.12. The van der Waals surface area contributed by atoms with E-state index in [1.807, 2.05) is 0 Å². The minimum atomic E-state index is 1.15. The van der Waals surface area contributed by atoms with Crippen LogP contribution in [0, 0.1) is 0 Å². The molecule has 0 saturated carbocycles. The molecule has 0 fully saturated rings. The molecule has 0 saturated heterocycles. The molecule has 0 aliphatic heterocycles. The zero-order valence-electron chi connectivity index (χ0n) is 11.4. The lowest BCUT2D eigenvalue weighted by molar-refractivity contribution is 1.65. The van der Waals surface area contributed by atoms with Gasteiger partial charge in [-0.3, -0.25) is 0 Å². The fraction of sp³-hybridized carbons (Fsp3) is 0. The molecule has 21 heavy (non-hydrogen) atoms. The molecule has 0 heterocycles. The molecule has 0 atom stereocenters. The quantitative estimate of drug-likeness (QED) is 0.352. The Labute approximate surface area is 132 Å². The first-order valence-electron chi connectivity index (χ1n) is 7.00. The van der Waals surface area contributed by atoms with Crippen molar-refractivity contribution >= 4 is 37.5 Å². The lowest BCUT2D eigenvalue weighted by Crippen LogP contribution is -1.83. The number of rotatable bonds is 1. The van der Waals surface area contributed by atoms with E-state index in [0.29, 0.717) is 0 Å². The SMILES string of the molecule is Brc1cccc2c1ccc1c(-c3ccccc3)cccc12. The molecule has 0 spiro atoms. The Hall–Kier alpha value is -2.12. The molecule has 100 valence electrons. The highest BCUT2D eigenvalue weighted by molar-refractivity contribution is 9.10. The van der Waals surface area contributed by atoms with E-state index >= 15 is 0 Å². The average molecular weight is 333 g/mol. The van der Waals surface area contributed by atoms with E-state index in [1.165, 1.54) is 32.7 Å². The van der Waals surface area contributed by atoms with Crippen LogP contribution in [0.15, 0.2) is 83.3 Å². The van der Waals surface area contributed by atoms with E-state index in [-0.39, 0.29) is 0 Å². The number of halogens is 1. The van der Waals surface area contributed by atoms with Crippen LogP contribution in [0.4, 0.5) is 0 Å². The van der Waals surface area contributed by atoms with Crippen LogP contribution in [-0.4, -0.2) is 0 Å². The molecular weight excluding hydrogens is 320 g/mol. The fourth-order valence-electron chi connectivity index (χ4n) is 2.96. The summed E-state index contributed by atoms with van der Waals surface area (Å²) in [6, 6.07) is 27.9. The van der Waals surface area contributed by atoms with Crippen molar-refractivity contribution in [3.8, 4) is 11.1 Å². The van der Waals surface area contributed by atoms with E-state index in [9.17, 15) is 0 Å². The van der Waals surface area contributed by atoms with Crippen molar-refractivity contribution in [2.75, 3.05) is 0 Å². The summed E-state index contributed by atoms with van der Waals surface area (Å²) in [7, 11) is 0. The van der Waals surface area contributed by atoms with Crippen molar-refractivity contribution in [1.82, 2.24) is 0 Å². The van der Waals surface area contributed by atoms with Crippen LogP contribution in [0.25, 0.3) is 32.7 Å². The Morgan fingerprint density at radius 2 is 1.14 bits per heavy atom. The Morgan fingerprint density at radius 1 is 0.476 bits per heavy atom. The van der Waals surface area contributed by atoms with Crippen LogP contribution < -0.4 is 0 Å². The van der Waals surface area contributed by atoms with Crippen LogP contribution >= 0.6 is 15.9 Å². The summed E-state index contributed by atoms with van der Waals surface area (Å²) in [5, 5.41) is 5.15. The summed E-state index contributed by atoms with van der Waals surface area (Å²) in [5.41, 5.74) is 2.55. The van der Waals surface area contributed by atoms with Crippen LogP contribution in [0.1, 0.15) is 0 Å². The van der Waals surface area contributed by atoms with Crippen molar-refractivity contribution in [2.45, 2.75) is 0 Å². The van der Waals surface area contributed by atoms with Crippen molar-refractivity contribution in [3.63, 3.8) is 0 Å². The molecule has 0 N–H and O–H groups in total. The molecule has 4 rings (SSSR count). The minimum absolute atomic E-state index is 1.15. The number of fused-ring (bicyclic) bond motifs is 3. The molecule has 4 aromatic carbocycles. The molecule has 0 nitrogen and oxygen atoms in total. The molecule has 0 amide bonds. The minimum Gasteiger partial charge on any atom is -0.0622 e. The third-order valence-electron chi connectivity index (χ3n) is 3.95. The lowest BCUT2D eigenvalue weighted by atomic mass is 9.95. The second-order valence-corrected chi connectivity index (χ2v) is 6.02. The predicted molar refractivity (Wildman–Crippen MR) is 94.6 cm³/mol. The molecule has 0 unspecified atom stereocenters. The molecular formula is C20H13Br. The Morgan fingerprint density at radius 3 is 1.95 bits per heavy atom. The van der Waals surface area contributed by atoms with Crippen LogP contribution in [-0.2, 0) is 0 Å². The molecule has 1 heteroatoms. The normalized spacial score (nSPS) is 11.1. The maximum Gasteiger partial charge on any atom is 0.0253 e. The van der Waals surface area contributed by atoms with Crippen molar-refractivity contribution in [2.24, 2.45) is 0 Å². The number of hydrogen-bond donors (Lipinski definition) is 0. The predicted octanol–water partition coefficient (Wildman–Crippen LogP) is 6.42. The van der Waals surface area contributed by atoms with Gasteiger partial charge in [0.1, 0.15) is 0 Å². The standard InChI is InChI=1S/C20H13Br/c21-20-11-5-10-17-16-9-4-8-15(14-6-2-1-3-7-14)18(16)12-13-19(17)20/h1-13H. The van der Waals surface area contributed by atoms with Gasteiger partial charge in [-0.2, -0.15) is 0 Å². The van der Waals surface area contributed by atoms with E-state index in [0.717, 1.165) is 4.47 Å². The van der Waals surface area contributed by atoms with Crippen molar-refractivity contribution in [1.29, 1.82) is 0 Å². The smallest absolute Gasteiger partial charge is 0.0253 e. The summed E-state index contributed by atoms with van der Waals surface area (Å²) >= 11 is 3.65. The number of hydrogen-bond acceptors (Lipinski definition) is 0. The molecule has 0 aliphatic rings. The third kappa shape index (κ3) is 2.05. The molecule has 0 aliphatic carbocycles. The second-order valence-electron chi connectivity index (χ2n) is 5.17. The molecule has 0 aromatic heterocycles. The highest BCUT2D eigenvalue weighted by atomic mass is 79.9. The first-order valence-corrected chi connectivity index (χ1v) is 7.79.